The van der Waals surface area contributed by atoms with Crippen molar-refractivity contribution in [1.29, 1.82) is 0 Å². The van der Waals surface area contributed by atoms with Gasteiger partial charge in [-0.05, 0) is 87.4 Å². The zero-order valence-electron chi connectivity index (χ0n) is 16.2. The molecule has 0 aromatic heterocycles. The molecule has 2 N–H and O–H groups in total. The molecule has 2 aromatic rings. The Hall–Kier alpha value is -1.84. The van der Waals surface area contributed by atoms with Gasteiger partial charge in [-0.2, -0.15) is 0 Å². The van der Waals surface area contributed by atoms with E-state index in [0.717, 1.165) is 38.0 Å². The third kappa shape index (κ3) is 4.87. The van der Waals surface area contributed by atoms with Gasteiger partial charge in [0.2, 0.25) is 0 Å². The summed E-state index contributed by atoms with van der Waals surface area (Å²) >= 11 is 0. The standard InChI is InChI=1S/C23H31NO2/c1-16-6-4-7-20(14-16)26-22-9-5-8-21(23(22)25)24-13-12-19-11-10-17(2)18(3)15-19/h4,6-7,10-11,14-15,21-25H,5,8-9,12-13H2,1-3H3/t21-,22+,23+/m0/s1. The molecular weight excluding hydrogens is 322 g/mol. The summed E-state index contributed by atoms with van der Waals surface area (Å²) in [6.45, 7) is 7.23. The number of benzene rings is 2. The second kappa shape index (κ2) is 8.70. The molecule has 0 unspecified atom stereocenters. The first-order valence-electron chi connectivity index (χ1n) is 9.74. The van der Waals surface area contributed by atoms with Crippen LogP contribution < -0.4 is 10.1 Å². The van der Waals surface area contributed by atoms with Crippen molar-refractivity contribution in [3.63, 3.8) is 0 Å². The molecule has 3 atom stereocenters. The number of rotatable bonds is 6. The van der Waals surface area contributed by atoms with Crippen molar-refractivity contribution in [3.05, 3.63) is 64.7 Å². The van der Waals surface area contributed by atoms with Gasteiger partial charge in [-0.25, -0.2) is 0 Å². The molecule has 0 aliphatic heterocycles. The highest BCUT2D eigenvalue weighted by atomic mass is 16.5. The van der Waals surface area contributed by atoms with Gasteiger partial charge >= 0.3 is 0 Å². The van der Waals surface area contributed by atoms with Crippen LogP contribution in [0, 0.1) is 20.8 Å². The van der Waals surface area contributed by atoms with Crippen LogP contribution in [0.1, 0.15) is 41.5 Å². The Balaban J connectivity index is 1.52. The van der Waals surface area contributed by atoms with Gasteiger partial charge in [0, 0.05) is 6.04 Å². The van der Waals surface area contributed by atoms with Crippen LogP contribution in [-0.4, -0.2) is 29.9 Å². The van der Waals surface area contributed by atoms with E-state index < -0.39 is 6.10 Å². The second-order valence-corrected chi connectivity index (χ2v) is 7.62. The SMILES string of the molecule is Cc1cccc(O[C@@H]2CCC[C@H](NCCc3ccc(C)c(C)c3)[C@H]2O)c1. The predicted octanol–water partition coefficient (Wildman–Crippen LogP) is 4.10. The molecule has 0 spiro atoms. The van der Waals surface area contributed by atoms with E-state index in [1.807, 2.05) is 18.2 Å². The Bertz CT molecular complexity index is 728. The molecule has 2 aromatic carbocycles. The van der Waals surface area contributed by atoms with Crippen LogP contribution in [-0.2, 0) is 6.42 Å². The first kappa shape index (κ1) is 18.9. The second-order valence-electron chi connectivity index (χ2n) is 7.62. The Labute approximate surface area is 157 Å². The third-order valence-corrected chi connectivity index (χ3v) is 5.47. The topological polar surface area (TPSA) is 41.5 Å². The number of ether oxygens (including phenoxy) is 1. The fourth-order valence-corrected chi connectivity index (χ4v) is 3.72. The average Bonchev–Trinajstić information content (AvgIpc) is 2.61. The molecule has 3 rings (SSSR count). The van der Waals surface area contributed by atoms with Gasteiger partial charge < -0.3 is 15.2 Å². The van der Waals surface area contributed by atoms with Gasteiger partial charge in [0.25, 0.3) is 0 Å². The predicted molar refractivity (Wildman–Crippen MR) is 107 cm³/mol. The van der Waals surface area contributed by atoms with Crippen molar-refractivity contribution in [3.8, 4) is 5.75 Å². The van der Waals surface area contributed by atoms with Crippen LogP contribution in [0.25, 0.3) is 0 Å². The minimum atomic E-state index is -0.469. The van der Waals surface area contributed by atoms with Gasteiger partial charge in [-0.3, -0.25) is 0 Å². The molecule has 0 saturated heterocycles. The molecule has 26 heavy (non-hydrogen) atoms. The number of hydrogen-bond donors (Lipinski definition) is 2. The van der Waals surface area contributed by atoms with E-state index in [2.05, 4.69) is 50.4 Å². The first-order valence-corrected chi connectivity index (χ1v) is 9.74. The van der Waals surface area contributed by atoms with E-state index in [1.54, 1.807) is 0 Å². The maximum absolute atomic E-state index is 10.7. The summed E-state index contributed by atoms with van der Waals surface area (Å²) in [5.74, 6) is 0.852. The minimum Gasteiger partial charge on any atom is -0.488 e. The quantitative estimate of drug-likeness (QED) is 0.821. The van der Waals surface area contributed by atoms with Crippen molar-refractivity contribution < 1.29 is 9.84 Å². The van der Waals surface area contributed by atoms with Crippen LogP contribution >= 0.6 is 0 Å². The van der Waals surface area contributed by atoms with Crippen molar-refractivity contribution >= 4 is 0 Å². The summed E-state index contributed by atoms with van der Waals surface area (Å²) in [7, 11) is 0. The van der Waals surface area contributed by atoms with Crippen LogP contribution in [0.15, 0.2) is 42.5 Å². The van der Waals surface area contributed by atoms with E-state index in [4.69, 9.17) is 4.74 Å². The molecule has 0 radical (unpaired) electrons. The summed E-state index contributed by atoms with van der Waals surface area (Å²) < 4.78 is 6.08. The summed E-state index contributed by atoms with van der Waals surface area (Å²) in [4.78, 5) is 0. The Morgan fingerprint density at radius 3 is 2.65 bits per heavy atom. The lowest BCUT2D eigenvalue weighted by molar-refractivity contribution is -0.0151. The lowest BCUT2D eigenvalue weighted by Gasteiger charge is -2.35. The van der Waals surface area contributed by atoms with Gasteiger partial charge in [0.05, 0.1) is 0 Å². The van der Waals surface area contributed by atoms with Crippen molar-refractivity contribution in [2.24, 2.45) is 0 Å². The Kier molecular flexibility index (Phi) is 6.33. The lowest BCUT2D eigenvalue weighted by atomic mass is 9.89. The van der Waals surface area contributed by atoms with Crippen LogP contribution in [0.5, 0.6) is 5.75 Å². The Morgan fingerprint density at radius 2 is 1.88 bits per heavy atom. The number of nitrogens with one attached hydrogen (secondary N) is 1. The van der Waals surface area contributed by atoms with E-state index in [9.17, 15) is 5.11 Å². The van der Waals surface area contributed by atoms with Crippen molar-refractivity contribution in [2.75, 3.05) is 6.54 Å². The molecule has 1 fully saturated rings. The summed E-state index contributed by atoms with van der Waals surface area (Å²) in [5.41, 5.74) is 5.20. The third-order valence-electron chi connectivity index (χ3n) is 5.47. The number of hydrogen-bond acceptors (Lipinski definition) is 3. The molecule has 0 amide bonds. The molecule has 1 saturated carbocycles. The number of aryl methyl sites for hydroxylation is 3. The maximum atomic E-state index is 10.7. The highest BCUT2D eigenvalue weighted by Crippen LogP contribution is 2.25. The van der Waals surface area contributed by atoms with Crippen molar-refractivity contribution in [2.45, 2.75) is 64.7 Å². The molecular formula is C23H31NO2. The molecule has 3 heteroatoms. The maximum Gasteiger partial charge on any atom is 0.126 e. The monoisotopic (exact) mass is 353 g/mol. The van der Waals surface area contributed by atoms with E-state index in [1.165, 1.54) is 22.3 Å². The lowest BCUT2D eigenvalue weighted by Crippen LogP contribution is -2.51. The molecule has 3 nitrogen and oxygen atoms in total. The van der Waals surface area contributed by atoms with Gasteiger partial charge in [-0.15, -0.1) is 0 Å². The zero-order valence-corrected chi connectivity index (χ0v) is 16.2. The fraction of sp³-hybridized carbons (Fsp3) is 0.478. The smallest absolute Gasteiger partial charge is 0.126 e. The van der Waals surface area contributed by atoms with Gasteiger partial charge in [0.1, 0.15) is 18.0 Å². The number of aliphatic hydroxyl groups is 1. The molecule has 1 aliphatic rings. The molecule has 140 valence electrons. The zero-order chi connectivity index (χ0) is 18.5. The van der Waals surface area contributed by atoms with Crippen LogP contribution in [0.2, 0.25) is 0 Å². The van der Waals surface area contributed by atoms with Crippen molar-refractivity contribution in [1.82, 2.24) is 5.32 Å². The highest BCUT2D eigenvalue weighted by molar-refractivity contribution is 5.30. The van der Waals surface area contributed by atoms with E-state index in [-0.39, 0.29) is 12.1 Å². The summed E-state index contributed by atoms with van der Waals surface area (Å²) in [5, 5.41) is 14.3. The molecule has 1 aliphatic carbocycles. The van der Waals surface area contributed by atoms with Crippen LogP contribution in [0.4, 0.5) is 0 Å². The van der Waals surface area contributed by atoms with Crippen LogP contribution in [0.3, 0.4) is 0 Å². The first-order chi connectivity index (χ1) is 12.5. The van der Waals surface area contributed by atoms with Gasteiger partial charge in [-0.1, -0.05) is 30.3 Å². The molecule has 0 bridgehead atoms. The normalized spacial score (nSPS) is 23.0. The number of aliphatic hydroxyl groups excluding tert-OH is 1. The summed E-state index contributed by atoms with van der Waals surface area (Å²) in [6.07, 6.45) is 3.36. The van der Waals surface area contributed by atoms with E-state index >= 15 is 0 Å². The van der Waals surface area contributed by atoms with Gasteiger partial charge in [0.15, 0.2) is 0 Å². The van der Waals surface area contributed by atoms with E-state index in [0.29, 0.717) is 0 Å². The average molecular weight is 354 g/mol. The Morgan fingerprint density at radius 1 is 1.04 bits per heavy atom. The largest absolute Gasteiger partial charge is 0.488 e. The summed E-state index contributed by atoms with van der Waals surface area (Å²) in [6, 6.07) is 14.8. The highest BCUT2D eigenvalue weighted by Gasteiger charge is 2.32. The minimum absolute atomic E-state index is 0.102. The molecule has 0 heterocycles. The fourth-order valence-electron chi connectivity index (χ4n) is 3.72.